The van der Waals surface area contributed by atoms with Gasteiger partial charge >= 0.3 is 5.97 Å². The lowest BCUT2D eigenvalue weighted by atomic mass is 10.1. The quantitative estimate of drug-likeness (QED) is 0.816. The highest BCUT2D eigenvalue weighted by Gasteiger charge is 2.39. The number of rotatable bonds is 2. The number of hydrogen-bond acceptors (Lipinski definition) is 4. The number of carbonyl (C=O) groups is 2. The summed E-state index contributed by atoms with van der Waals surface area (Å²) in [5.74, 6) is -1.38. The highest BCUT2D eigenvalue weighted by molar-refractivity contribution is 7.08. The standard InChI is InChI=1S/C11H13NO4S/c1-6-4-17-5-8(6)10(14)12-3-7(13)2-9(12)11(15)16/h4-5,7,9,13H,2-3H2,1H3,(H,15,16)/t7-,9-/m1/s1. The normalized spacial score (nSPS) is 24.0. The molecule has 2 N–H and O–H groups in total. The van der Waals surface area contributed by atoms with Crippen LogP contribution < -0.4 is 0 Å². The average molecular weight is 255 g/mol. The van der Waals surface area contributed by atoms with Gasteiger partial charge in [0.1, 0.15) is 6.04 Å². The molecule has 2 rings (SSSR count). The van der Waals surface area contributed by atoms with E-state index in [0.29, 0.717) is 5.56 Å². The molecule has 0 aromatic carbocycles. The number of carboxylic acid groups (broad SMARTS) is 1. The molecule has 0 unspecified atom stereocenters. The summed E-state index contributed by atoms with van der Waals surface area (Å²) in [7, 11) is 0. The second-order valence-corrected chi connectivity index (χ2v) is 4.91. The Morgan fingerprint density at radius 3 is 2.71 bits per heavy atom. The maximum Gasteiger partial charge on any atom is 0.326 e. The third-order valence-corrected chi connectivity index (χ3v) is 3.77. The zero-order valence-electron chi connectivity index (χ0n) is 9.29. The molecule has 0 saturated carbocycles. The Morgan fingerprint density at radius 2 is 2.18 bits per heavy atom. The number of carboxylic acids is 1. The monoisotopic (exact) mass is 255 g/mol. The zero-order valence-corrected chi connectivity index (χ0v) is 10.1. The number of hydrogen-bond donors (Lipinski definition) is 2. The van der Waals surface area contributed by atoms with Crippen molar-refractivity contribution in [3.63, 3.8) is 0 Å². The molecule has 2 heterocycles. The van der Waals surface area contributed by atoms with Crippen LogP contribution in [0.5, 0.6) is 0 Å². The van der Waals surface area contributed by atoms with Gasteiger partial charge in [0.05, 0.1) is 11.7 Å². The highest BCUT2D eigenvalue weighted by Crippen LogP contribution is 2.23. The summed E-state index contributed by atoms with van der Waals surface area (Å²) in [5.41, 5.74) is 1.36. The molecule has 2 atom stereocenters. The summed E-state index contributed by atoms with van der Waals surface area (Å²) in [5, 5.41) is 22.0. The molecule has 1 amide bonds. The van der Waals surface area contributed by atoms with E-state index in [0.717, 1.165) is 5.56 Å². The van der Waals surface area contributed by atoms with Crippen molar-refractivity contribution in [3.8, 4) is 0 Å². The van der Waals surface area contributed by atoms with Gasteiger partial charge in [-0.15, -0.1) is 0 Å². The molecule has 1 aromatic heterocycles. The van der Waals surface area contributed by atoms with E-state index in [1.54, 1.807) is 5.38 Å². The molecule has 1 aliphatic rings. The first-order valence-corrected chi connectivity index (χ1v) is 6.19. The van der Waals surface area contributed by atoms with Crippen LogP contribution in [0.4, 0.5) is 0 Å². The predicted octanol–water partition coefficient (Wildman–Crippen LogP) is 0.717. The van der Waals surface area contributed by atoms with E-state index < -0.39 is 18.1 Å². The van der Waals surface area contributed by atoms with Gasteiger partial charge in [-0.25, -0.2) is 4.79 Å². The van der Waals surface area contributed by atoms with Gasteiger partial charge in [0.15, 0.2) is 0 Å². The van der Waals surface area contributed by atoms with Gasteiger partial charge in [0, 0.05) is 18.3 Å². The lowest BCUT2D eigenvalue weighted by molar-refractivity contribution is -0.141. The number of nitrogens with zero attached hydrogens (tertiary/aromatic N) is 1. The Kier molecular flexibility index (Phi) is 3.17. The summed E-state index contributed by atoms with van der Waals surface area (Å²) in [6.07, 6.45) is -0.649. The number of carbonyl (C=O) groups excluding carboxylic acids is 1. The van der Waals surface area contributed by atoms with Crippen molar-refractivity contribution >= 4 is 23.2 Å². The van der Waals surface area contributed by atoms with Crippen LogP contribution in [-0.4, -0.2) is 45.7 Å². The minimum absolute atomic E-state index is 0.0884. The fourth-order valence-electron chi connectivity index (χ4n) is 2.01. The van der Waals surface area contributed by atoms with Crippen LogP contribution >= 0.6 is 11.3 Å². The van der Waals surface area contributed by atoms with Crippen LogP contribution in [0.1, 0.15) is 22.3 Å². The molecule has 17 heavy (non-hydrogen) atoms. The third kappa shape index (κ3) is 2.18. The molecule has 6 heteroatoms. The molecule has 0 spiro atoms. The minimum atomic E-state index is -1.07. The molecule has 1 fully saturated rings. The van der Waals surface area contributed by atoms with Crippen LogP contribution in [-0.2, 0) is 4.79 Å². The van der Waals surface area contributed by atoms with Gasteiger partial charge in [-0.2, -0.15) is 11.3 Å². The lowest BCUT2D eigenvalue weighted by Crippen LogP contribution is -2.40. The first-order valence-electron chi connectivity index (χ1n) is 5.25. The predicted molar refractivity (Wildman–Crippen MR) is 62.1 cm³/mol. The third-order valence-electron chi connectivity index (χ3n) is 2.91. The van der Waals surface area contributed by atoms with E-state index in [2.05, 4.69) is 0 Å². The van der Waals surface area contributed by atoms with Gasteiger partial charge in [-0.3, -0.25) is 4.79 Å². The molecule has 92 valence electrons. The Morgan fingerprint density at radius 1 is 1.47 bits per heavy atom. The molecule has 5 nitrogen and oxygen atoms in total. The molecular weight excluding hydrogens is 242 g/mol. The summed E-state index contributed by atoms with van der Waals surface area (Å²) in [4.78, 5) is 24.4. The molecule has 1 aliphatic heterocycles. The fraction of sp³-hybridized carbons (Fsp3) is 0.455. The highest BCUT2D eigenvalue weighted by atomic mass is 32.1. The fourth-order valence-corrected chi connectivity index (χ4v) is 2.83. The molecule has 0 bridgehead atoms. The van der Waals surface area contributed by atoms with Crippen molar-refractivity contribution in [3.05, 3.63) is 21.9 Å². The summed E-state index contributed by atoms with van der Waals surface area (Å²) >= 11 is 1.41. The first-order chi connectivity index (χ1) is 8.00. The number of aliphatic hydroxyl groups excluding tert-OH is 1. The average Bonchev–Trinajstić information content (AvgIpc) is 2.83. The van der Waals surface area contributed by atoms with Crippen molar-refractivity contribution in [2.24, 2.45) is 0 Å². The zero-order chi connectivity index (χ0) is 12.6. The molecule has 1 saturated heterocycles. The van der Waals surface area contributed by atoms with E-state index in [-0.39, 0.29) is 18.9 Å². The van der Waals surface area contributed by atoms with Crippen molar-refractivity contribution < 1.29 is 19.8 Å². The molecule has 0 radical (unpaired) electrons. The van der Waals surface area contributed by atoms with Crippen LogP contribution in [0.2, 0.25) is 0 Å². The van der Waals surface area contributed by atoms with Crippen molar-refractivity contribution in [1.82, 2.24) is 4.90 Å². The first kappa shape index (κ1) is 12.1. The number of aryl methyl sites for hydroxylation is 1. The number of amides is 1. The maximum absolute atomic E-state index is 12.1. The van der Waals surface area contributed by atoms with Gasteiger partial charge in [-0.05, 0) is 17.9 Å². The molecule has 1 aromatic rings. The minimum Gasteiger partial charge on any atom is -0.480 e. The van der Waals surface area contributed by atoms with Crippen LogP contribution in [0.3, 0.4) is 0 Å². The Hall–Kier alpha value is -1.40. The van der Waals surface area contributed by atoms with Gasteiger partial charge < -0.3 is 15.1 Å². The molecule has 0 aliphatic carbocycles. The smallest absolute Gasteiger partial charge is 0.326 e. The van der Waals surface area contributed by atoms with Crippen molar-refractivity contribution in [1.29, 1.82) is 0 Å². The SMILES string of the molecule is Cc1cscc1C(=O)N1C[C@H](O)C[C@@H]1C(=O)O. The van der Waals surface area contributed by atoms with E-state index in [1.807, 2.05) is 12.3 Å². The number of β-amino-alcohol motifs (C(OH)–C–C–N with tert-alkyl or cyclic N) is 1. The van der Waals surface area contributed by atoms with Crippen LogP contribution in [0.25, 0.3) is 0 Å². The maximum atomic E-state index is 12.1. The lowest BCUT2D eigenvalue weighted by Gasteiger charge is -2.20. The molecular formula is C11H13NO4S. The van der Waals surface area contributed by atoms with Crippen molar-refractivity contribution in [2.75, 3.05) is 6.54 Å². The van der Waals surface area contributed by atoms with E-state index in [1.165, 1.54) is 16.2 Å². The van der Waals surface area contributed by atoms with Gasteiger partial charge in [-0.1, -0.05) is 0 Å². The van der Waals surface area contributed by atoms with Crippen LogP contribution in [0.15, 0.2) is 10.8 Å². The number of aliphatic carboxylic acids is 1. The summed E-state index contributed by atoms with van der Waals surface area (Å²) in [6, 6.07) is -0.920. The van der Waals surface area contributed by atoms with Gasteiger partial charge in [0.25, 0.3) is 5.91 Å². The summed E-state index contributed by atoms with van der Waals surface area (Å²) < 4.78 is 0. The second kappa shape index (κ2) is 4.46. The Bertz CT molecular complexity index is 456. The number of aliphatic hydroxyl groups is 1. The Balaban J connectivity index is 2.25. The van der Waals surface area contributed by atoms with E-state index >= 15 is 0 Å². The van der Waals surface area contributed by atoms with Gasteiger partial charge in [0.2, 0.25) is 0 Å². The summed E-state index contributed by atoms with van der Waals surface area (Å²) in [6.45, 7) is 1.90. The second-order valence-electron chi connectivity index (χ2n) is 4.17. The van der Waals surface area contributed by atoms with Crippen molar-refractivity contribution in [2.45, 2.75) is 25.5 Å². The number of thiophene rings is 1. The van der Waals surface area contributed by atoms with E-state index in [4.69, 9.17) is 5.11 Å². The topological polar surface area (TPSA) is 77.8 Å². The van der Waals surface area contributed by atoms with Crippen LogP contribution in [0, 0.1) is 6.92 Å². The largest absolute Gasteiger partial charge is 0.480 e. The number of likely N-dealkylation sites (tertiary alicyclic amines) is 1. The van der Waals surface area contributed by atoms with E-state index in [9.17, 15) is 14.7 Å². The Labute approximate surface area is 102 Å².